The summed E-state index contributed by atoms with van der Waals surface area (Å²) < 4.78 is 36.2. The van der Waals surface area contributed by atoms with E-state index in [-0.39, 0.29) is 31.3 Å². The number of esters is 2. The average Bonchev–Trinajstić information content (AvgIpc) is 3.78. The van der Waals surface area contributed by atoms with Crippen molar-refractivity contribution in [1.82, 2.24) is 20.1 Å². The lowest BCUT2D eigenvalue weighted by Crippen LogP contribution is -2.60. The van der Waals surface area contributed by atoms with E-state index in [1.54, 1.807) is 7.11 Å². The van der Waals surface area contributed by atoms with E-state index in [4.69, 9.17) is 28.4 Å². The third-order valence-corrected chi connectivity index (χ3v) is 13.7. The number of hydrogen-bond donors (Lipinski definition) is 4. The highest BCUT2D eigenvalue weighted by molar-refractivity contribution is 7.99. The number of hydrogen-bond acceptors (Lipinski definition) is 14. The molecule has 7 heterocycles. The van der Waals surface area contributed by atoms with Gasteiger partial charge in [-0.3, -0.25) is 15.0 Å². The highest BCUT2D eigenvalue weighted by atomic mass is 32.2. The van der Waals surface area contributed by atoms with Crippen molar-refractivity contribution >= 4 is 34.6 Å². The van der Waals surface area contributed by atoms with Crippen LogP contribution in [0.25, 0.3) is 10.9 Å². The topological polar surface area (TPSA) is 164 Å². The zero-order chi connectivity index (χ0) is 39.4. The number of aliphatic hydroxyl groups is 1. The van der Waals surface area contributed by atoms with Gasteiger partial charge in [-0.2, -0.15) is 0 Å². The van der Waals surface area contributed by atoms with Gasteiger partial charge in [0.1, 0.15) is 24.3 Å². The van der Waals surface area contributed by atoms with Crippen LogP contribution in [0.4, 0.5) is 0 Å². The van der Waals surface area contributed by atoms with Gasteiger partial charge in [0.2, 0.25) is 6.79 Å². The number of benzene rings is 3. The Morgan fingerprint density at radius 2 is 1.84 bits per heavy atom. The minimum atomic E-state index is -1.29. The van der Waals surface area contributed by atoms with Gasteiger partial charge in [-0.25, -0.2) is 4.79 Å². The third kappa shape index (κ3) is 5.24. The van der Waals surface area contributed by atoms with E-state index in [1.165, 1.54) is 25.8 Å². The summed E-state index contributed by atoms with van der Waals surface area (Å²) in [5, 5.41) is 28.6. The van der Waals surface area contributed by atoms with Gasteiger partial charge in [-0.1, -0.05) is 6.07 Å². The molecule has 14 nitrogen and oxygen atoms in total. The standard InChI is InChI=1S/C41H46N4O10S/c1-18-12-21-13-27(47)45-26-15-52-40(49)41(39-23(10-11-42-41)24-14-22(50-6)8-9-25(24)43-39)16-56-38(32(45)31(44(4)5)28(21)33(48)34(18)51-7)30-29(26)37-36(53-17-54-37)19(2)35(30)55-20(3)46/h8-9,12,14,26-27,31-32,38,42-43,47-48H,10-11,13,15-17H2,1-7H3/t26-,27-,31-,32+,38+,41+/m0/s1. The number of H-pyrrole nitrogens is 1. The zero-order valence-corrected chi connectivity index (χ0v) is 33.2. The number of ether oxygens (including phenoxy) is 6. The van der Waals surface area contributed by atoms with Gasteiger partial charge < -0.3 is 48.5 Å². The van der Waals surface area contributed by atoms with Crippen LogP contribution in [0.5, 0.6) is 34.5 Å². The van der Waals surface area contributed by atoms with Crippen molar-refractivity contribution in [1.29, 1.82) is 0 Å². The Bertz CT molecular complexity index is 2310. The molecule has 6 aliphatic rings. The molecule has 15 heteroatoms. The van der Waals surface area contributed by atoms with Crippen LogP contribution >= 0.6 is 11.8 Å². The normalized spacial score (nSPS) is 26.6. The number of aromatic nitrogens is 1. The van der Waals surface area contributed by atoms with Gasteiger partial charge in [-0.15, -0.1) is 11.8 Å². The number of nitrogens with one attached hydrogen (secondary N) is 2. The lowest BCUT2D eigenvalue weighted by molar-refractivity contribution is -0.158. The number of aromatic hydroxyl groups is 1. The van der Waals surface area contributed by atoms with Crippen LogP contribution in [0, 0.1) is 13.8 Å². The quantitative estimate of drug-likeness (QED) is 0.170. The molecular formula is C41H46N4O10S. The lowest BCUT2D eigenvalue weighted by atomic mass is 9.80. The molecule has 1 fully saturated rings. The van der Waals surface area contributed by atoms with E-state index in [9.17, 15) is 19.8 Å². The number of carbonyl (C=O) groups is 2. The fourth-order valence-corrected chi connectivity index (χ4v) is 11.6. The lowest BCUT2D eigenvalue weighted by Gasteiger charge is -2.53. The summed E-state index contributed by atoms with van der Waals surface area (Å²) in [5.41, 5.74) is 5.40. The molecule has 0 radical (unpaired) electrons. The van der Waals surface area contributed by atoms with Crippen LogP contribution in [0.15, 0.2) is 24.3 Å². The predicted octanol–water partition coefficient (Wildman–Crippen LogP) is 4.44. The van der Waals surface area contributed by atoms with Gasteiger partial charge in [0.05, 0.1) is 37.2 Å². The van der Waals surface area contributed by atoms with E-state index in [0.717, 1.165) is 33.3 Å². The van der Waals surface area contributed by atoms with Crippen molar-refractivity contribution in [2.75, 3.05) is 54.0 Å². The highest BCUT2D eigenvalue weighted by Crippen LogP contribution is 2.63. The van der Waals surface area contributed by atoms with E-state index >= 15 is 0 Å². The molecule has 3 aromatic carbocycles. The van der Waals surface area contributed by atoms with Gasteiger partial charge >= 0.3 is 11.9 Å². The Labute approximate surface area is 328 Å². The van der Waals surface area contributed by atoms with Crippen molar-refractivity contribution in [2.24, 2.45) is 0 Å². The molecule has 0 saturated carbocycles. The number of rotatable bonds is 4. The fraction of sp³-hybridized carbons (Fsp3) is 0.463. The maximum Gasteiger partial charge on any atom is 0.333 e. The van der Waals surface area contributed by atoms with E-state index in [2.05, 4.69) is 10.3 Å². The number of fused-ring (bicyclic) bond motifs is 8. The average molecular weight is 787 g/mol. The Hall–Kier alpha value is -4.67. The largest absolute Gasteiger partial charge is 0.504 e. The van der Waals surface area contributed by atoms with Crippen molar-refractivity contribution in [3.05, 3.63) is 68.9 Å². The molecular weight excluding hydrogens is 741 g/mol. The number of nitrogens with zero attached hydrogens (tertiary/aromatic N) is 2. The van der Waals surface area contributed by atoms with Crippen molar-refractivity contribution in [2.45, 2.75) is 68.8 Å². The molecule has 4 aromatic rings. The molecule has 0 unspecified atom stereocenters. The van der Waals surface area contributed by atoms with Crippen LogP contribution in [0.1, 0.15) is 68.9 Å². The second-order valence-electron chi connectivity index (χ2n) is 15.4. The molecule has 56 heavy (non-hydrogen) atoms. The maximum atomic E-state index is 14.9. The summed E-state index contributed by atoms with van der Waals surface area (Å²) in [6, 6.07) is 5.89. The molecule has 6 atom stereocenters. The summed E-state index contributed by atoms with van der Waals surface area (Å²) in [6.07, 6.45) is -0.246. The third-order valence-electron chi connectivity index (χ3n) is 12.2. The molecule has 296 valence electrons. The number of carbonyl (C=O) groups excluding carboxylic acids is 2. The van der Waals surface area contributed by atoms with E-state index in [1.807, 2.05) is 62.0 Å². The smallest absolute Gasteiger partial charge is 0.333 e. The van der Waals surface area contributed by atoms with E-state index in [0.29, 0.717) is 64.0 Å². The van der Waals surface area contributed by atoms with Gasteiger partial charge in [0.15, 0.2) is 28.5 Å². The Morgan fingerprint density at radius 1 is 1.05 bits per heavy atom. The number of aryl methyl sites for hydroxylation is 1. The van der Waals surface area contributed by atoms with Gasteiger partial charge in [-0.05, 0) is 69.3 Å². The number of phenols is 1. The first-order valence-corrected chi connectivity index (χ1v) is 19.8. The summed E-state index contributed by atoms with van der Waals surface area (Å²) in [5.74, 6) is 1.56. The number of methoxy groups -OCH3 is 2. The van der Waals surface area contributed by atoms with Crippen molar-refractivity contribution in [3.8, 4) is 34.5 Å². The Balaban J connectivity index is 1.32. The van der Waals surface area contributed by atoms with Crippen LogP contribution in [0.2, 0.25) is 0 Å². The molecule has 0 aliphatic carbocycles. The molecule has 10 rings (SSSR count). The second kappa shape index (κ2) is 13.5. The molecule has 1 spiro atoms. The number of aliphatic hydroxyl groups excluding tert-OH is 1. The molecule has 4 N–H and O–H groups in total. The molecule has 0 amide bonds. The molecule has 1 saturated heterocycles. The Kier molecular flexibility index (Phi) is 8.89. The summed E-state index contributed by atoms with van der Waals surface area (Å²) in [4.78, 5) is 35.5. The minimum Gasteiger partial charge on any atom is -0.504 e. The van der Waals surface area contributed by atoms with Crippen molar-refractivity contribution < 1.29 is 48.2 Å². The first-order chi connectivity index (χ1) is 26.9. The molecule has 6 aliphatic heterocycles. The number of likely N-dealkylation sites (N-methyl/N-ethyl adjacent to an activating group) is 1. The van der Waals surface area contributed by atoms with Gasteiger partial charge in [0.25, 0.3) is 0 Å². The second-order valence-corrected chi connectivity index (χ2v) is 16.6. The fourth-order valence-electron chi connectivity index (χ4n) is 9.94. The minimum absolute atomic E-state index is 0.00510. The Morgan fingerprint density at radius 3 is 2.57 bits per heavy atom. The summed E-state index contributed by atoms with van der Waals surface area (Å²) >= 11 is 1.51. The first-order valence-electron chi connectivity index (χ1n) is 18.8. The SMILES string of the molecule is COc1ccc2[nH]c3c(c2c1)CCN[C@]31CS[C@@H]2c3c(OC(C)=O)c(C)c4c(c3[C@H](COC1=O)N1[C@@H]2[C@@H](N(C)C)c2c(cc(C)c(OC)c2O)C[C@@H]1O)OCO4. The monoisotopic (exact) mass is 786 g/mol. The number of thioether (sulfide) groups is 1. The van der Waals surface area contributed by atoms with Crippen molar-refractivity contribution in [3.63, 3.8) is 0 Å². The highest BCUT2D eigenvalue weighted by Gasteiger charge is 2.58. The predicted molar refractivity (Wildman–Crippen MR) is 207 cm³/mol. The molecule has 2 bridgehead atoms. The maximum absolute atomic E-state index is 14.9. The van der Waals surface area contributed by atoms with Crippen LogP contribution < -0.4 is 29.0 Å². The zero-order valence-electron chi connectivity index (χ0n) is 32.4. The van der Waals surface area contributed by atoms with Crippen LogP contribution in [0.3, 0.4) is 0 Å². The number of phenolic OH excluding ortho intramolecular Hbond substituents is 1. The first kappa shape index (κ1) is 36.9. The van der Waals surface area contributed by atoms with Gasteiger partial charge in [0, 0.05) is 64.8 Å². The van der Waals surface area contributed by atoms with Crippen LogP contribution in [-0.2, 0) is 32.7 Å². The summed E-state index contributed by atoms with van der Waals surface area (Å²) in [6.45, 7) is 5.37. The molecule has 1 aromatic heterocycles. The summed E-state index contributed by atoms with van der Waals surface area (Å²) in [7, 11) is 7.06. The van der Waals surface area contributed by atoms with E-state index < -0.39 is 47.1 Å². The van der Waals surface area contributed by atoms with Crippen LogP contribution in [-0.4, -0.2) is 103 Å². The number of aromatic amines is 1.